The Labute approximate surface area is 651 Å². The number of benzene rings is 6. The van der Waals surface area contributed by atoms with Crippen molar-refractivity contribution in [2.75, 3.05) is 13.2 Å². The van der Waals surface area contributed by atoms with E-state index in [0.29, 0.717) is 66.9 Å². The molecule has 0 aliphatic carbocycles. The van der Waals surface area contributed by atoms with Gasteiger partial charge < -0.3 is 21.5 Å². The molecule has 7 heterocycles. The van der Waals surface area contributed by atoms with Crippen LogP contribution in [0.2, 0.25) is 0 Å². The van der Waals surface area contributed by atoms with Crippen LogP contribution < -0.4 is 80.9 Å². The number of esters is 2. The van der Waals surface area contributed by atoms with Gasteiger partial charge >= 0.3 is 98.8 Å². The van der Waals surface area contributed by atoms with Gasteiger partial charge in [-0.05, 0) is 82.4 Å². The Hall–Kier alpha value is -7.29. The molecule has 0 atom stereocenters. The van der Waals surface area contributed by atoms with Gasteiger partial charge in [-0.1, -0.05) is 179 Å². The third-order valence-electron chi connectivity index (χ3n) is 14.4. The second-order valence-electron chi connectivity index (χ2n) is 21.2. The normalized spacial score (nSPS) is 11.2. The topological polar surface area (TPSA) is 324 Å². The van der Waals surface area contributed by atoms with E-state index < -0.39 is 38.9 Å². The first kappa shape index (κ1) is 81.4. The number of hydrogen-bond donors (Lipinski definition) is 2. The van der Waals surface area contributed by atoms with Crippen molar-refractivity contribution < 1.29 is 140 Å². The molecule has 1 aliphatic rings. The molecule has 22 nitrogen and oxygen atoms in total. The van der Waals surface area contributed by atoms with Crippen LogP contribution in [0, 0.1) is 41.5 Å². The van der Waals surface area contributed by atoms with Crippen LogP contribution >= 0.6 is 44.8 Å². The molecule has 3 N–H and O–H groups in total. The molecule has 1 fully saturated rings. The fraction of sp³-hybridized carbons (Fsp3) is 0.176. The minimum Gasteiger partial charge on any atom is -1.00 e. The van der Waals surface area contributed by atoms with Crippen LogP contribution in [0.1, 0.15) is 93.0 Å². The molecular weight excluding hydrogens is 1390 g/mol. The molecule has 3 radical (unpaired) electrons. The summed E-state index contributed by atoms with van der Waals surface area (Å²) in [4.78, 5) is 71.8. The Balaban J connectivity index is 0.000000284. The van der Waals surface area contributed by atoms with Gasteiger partial charge in [-0.3, -0.25) is 14.8 Å². The number of halogens is 2. The number of carbonyl (C=O) groups excluding carboxylic acids is 4. The fourth-order valence-corrected chi connectivity index (χ4v) is 10.8. The molecule has 30 heteroatoms. The second kappa shape index (κ2) is 37.8. The fourth-order valence-electron chi connectivity index (χ4n) is 9.66. The van der Waals surface area contributed by atoms with Gasteiger partial charge in [-0.2, -0.15) is 22.6 Å². The zero-order valence-electron chi connectivity index (χ0n) is 55.7. The van der Waals surface area contributed by atoms with Crippen molar-refractivity contribution in [2.24, 2.45) is 0 Å². The van der Waals surface area contributed by atoms with Crippen molar-refractivity contribution in [3.63, 3.8) is 0 Å². The molecule has 98 heavy (non-hydrogen) atoms. The van der Waals surface area contributed by atoms with Crippen molar-refractivity contribution in [1.29, 1.82) is 0 Å². The van der Waals surface area contributed by atoms with E-state index in [1.807, 2.05) is 187 Å². The third kappa shape index (κ3) is 19.8. The number of carboxylic acid groups (broad SMARTS) is 1. The summed E-state index contributed by atoms with van der Waals surface area (Å²) >= 11 is 2.18. The molecule has 6 aromatic carbocycles. The van der Waals surface area contributed by atoms with Gasteiger partial charge in [0.15, 0.2) is 22.6 Å². The SMILES string of the molecule is CCOC(=O)c1nc(-c2ccc(C)cc2)c2nonc2c1-c1ccc(C)cc1.CCOC(=O)c1nc(-c2ccc(C)cc2)c2nsnc2c1-c1ccc(C)cc1.Cc1ccc(-c2nc(C(=O)O)c(-c3ccc(C)cc3)c3nsnc23)cc1.O=C1CCC(=O)N1O.O=S(Cl)Cl.[B].[H-].[K+].[Na+].[OH-]. The van der Waals surface area contributed by atoms with Gasteiger partial charge in [0.25, 0.3) is 11.8 Å². The second-order valence-corrected chi connectivity index (χ2v) is 24.7. The predicted octanol–water partition coefficient (Wildman–Crippen LogP) is 8.82. The van der Waals surface area contributed by atoms with Crippen LogP contribution in [-0.2, 0) is 28.3 Å². The van der Waals surface area contributed by atoms with Crippen molar-refractivity contribution in [3.8, 4) is 67.2 Å². The molecule has 1 saturated heterocycles. The predicted molar refractivity (Wildman–Crippen MR) is 371 cm³/mol. The number of imide groups is 1. The zero-order valence-corrected chi connectivity index (χ0v) is 63.8. The first-order chi connectivity index (χ1) is 45.1. The van der Waals surface area contributed by atoms with E-state index in [1.165, 1.54) is 0 Å². The zero-order chi connectivity index (χ0) is 67.3. The summed E-state index contributed by atoms with van der Waals surface area (Å²) < 4.78 is 42.5. The number of amides is 2. The van der Waals surface area contributed by atoms with Crippen molar-refractivity contribution in [3.05, 3.63) is 196 Å². The number of nitrogens with zero attached hydrogens (tertiary/aromatic N) is 10. The molecule has 6 aromatic heterocycles. The summed E-state index contributed by atoms with van der Waals surface area (Å²) in [7, 11) is 7.36. The maximum atomic E-state index is 12.8. The Bertz CT molecular complexity index is 4590. The summed E-state index contributed by atoms with van der Waals surface area (Å²) in [6.07, 6.45) is 0.296. The minimum atomic E-state index is -1.67. The number of hydrogen-bond acceptors (Lipinski definition) is 22. The first-order valence-corrected chi connectivity index (χ1v) is 33.2. The molecular formula is C68H60BCl2KN10NaO12S3. The molecule has 12 aromatic rings. The molecule has 491 valence electrons. The Morgan fingerprint density at radius 3 is 1.03 bits per heavy atom. The van der Waals surface area contributed by atoms with Crippen LogP contribution in [0.15, 0.2) is 150 Å². The smallest absolute Gasteiger partial charge is 1.00 e. The van der Waals surface area contributed by atoms with Gasteiger partial charge in [-0.25, -0.2) is 38.2 Å². The van der Waals surface area contributed by atoms with E-state index in [4.69, 9.17) is 28.5 Å². The minimum absolute atomic E-state index is 0. The van der Waals surface area contributed by atoms with E-state index >= 15 is 0 Å². The summed E-state index contributed by atoms with van der Waals surface area (Å²) in [6, 6.07) is 47.0. The van der Waals surface area contributed by atoms with Crippen LogP contribution in [-0.4, -0.2) is 119 Å². The number of aryl methyl sites for hydroxylation is 6. The van der Waals surface area contributed by atoms with Gasteiger partial charge in [0.1, 0.15) is 44.7 Å². The number of aromatic nitrogens is 9. The van der Waals surface area contributed by atoms with E-state index in [-0.39, 0.29) is 144 Å². The molecule has 1 aliphatic heterocycles. The largest absolute Gasteiger partial charge is 1.00 e. The number of pyridine rings is 3. The molecule has 0 spiro atoms. The van der Waals surface area contributed by atoms with E-state index in [1.54, 1.807) is 13.8 Å². The summed E-state index contributed by atoms with van der Waals surface area (Å²) in [6.45, 7) is 16.1. The van der Waals surface area contributed by atoms with Gasteiger partial charge in [0, 0.05) is 76.0 Å². The standard InChI is InChI=1S/C22H19N3O3.C22H19N3O2S.C20H15N3O2S.C4H5NO3.B.Cl2OS.K.Na.H2O.H/c2*1-4-27-22(26)20-17(15-9-5-13(2)6-10-15)19-21(25-28-24-19)18(23-20)16-11-7-14(3)8-12-16;1-11-3-7-13(8-4-11)15-17-19(23-26-22-17)16(21-18(15)20(24)25)14-9-5-12(2)6-10-14;6-3-1-2-4(7)5(3)8;;1-4(2)3;;;;/h2*5-12H,4H2,1-3H3;3-10H,1-2H3,(H,24,25);8H,1-2H2;;;;;1H2;/q;;;;;;2*+1;;-1/p-1. The number of carboxylic acids is 1. The third-order valence-corrected chi connectivity index (χ3v) is 15.4. The van der Waals surface area contributed by atoms with Crippen LogP contribution in [0.25, 0.3) is 100 Å². The number of ether oxygens (including phenoxy) is 2. The number of fused-ring (bicyclic) bond motifs is 3. The van der Waals surface area contributed by atoms with Gasteiger partial charge in [-0.15, -0.1) is 0 Å². The van der Waals surface area contributed by atoms with Crippen LogP contribution in [0.3, 0.4) is 0 Å². The Kier molecular flexibility index (Phi) is 31.4. The van der Waals surface area contributed by atoms with Gasteiger partial charge in [0.05, 0.1) is 36.7 Å². The molecule has 0 bridgehead atoms. The van der Waals surface area contributed by atoms with Gasteiger partial charge in [0.2, 0.25) is 9.23 Å². The number of hydroxylamine groups is 2. The molecule has 2 amide bonds. The maximum Gasteiger partial charge on any atom is 1.00 e. The van der Waals surface area contributed by atoms with Crippen molar-refractivity contribution in [1.82, 2.24) is 47.8 Å². The molecule has 13 rings (SSSR count). The summed E-state index contributed by atoms with van der Waals surface area (Å²) in [5.74, 6) is -3.05. The average molecular weight is 1450 g/mol. The number of aromatic carboxylic acids is 1. The van der Waals surface area contributed by atoms with Crippen LogP contribution in [0.4, 0.5) is 0 Å². The summed E-state index contributed by atoms with van der Waals surface area (Å²) in [5, 5.41) is 26.5. The van der Waals surface area contributed by atoms with E-state index in [2.05, 4.69) is 59.1 Å². The Morgan fingerprint density at radius 2 is 0.745 bits per heavy atom. The monoisotopic (exact) mass is 1450 g/mol. The maximum absolute atomic E-state index is 12.8. The number of rotatable bonds is 11. The van der Waals surface area contributed by atoms with Crippen LogP contribution in [0.5, 0.6) is 0 Å². The summed E-state index contributed by atoms with van der Waals surface area (Å²) in [5.41, 5.74) is 19.2. The first-order valence-electron chi connectivity index (χ1n) is 28.9. The number of carbonyl (C=O) groups is 5. The van der Waals surface area contributed by atoms with Crippen molar-refractivity contribution in [2.45, 2.75) is 68.2 Å². The molecule has 0 unspecified atom stereocenters. The quantitative estimate of drug-likeness (QED) is 0.0401. The molecule has 0 saturated carbocycles. The van der Waals surface area contributed by atoms with E-state index in [9.17, 15) is 29.1 Å². The average Bonchev–Trinajstić information content (AvgIpc) is 1.71. The van der Waals surface area contributed by atoms with Crippen molar-refractivity contribution >= 4 is 125 Å². The van der Waals surface area contributed by atoms with E-state index in [0.717, 1.165) is 90.2 Å². The Morgan fingerprint density at radius 1 is 0.490 bits per heavy atom.